The van der Waals surface area contributed by atoms with Crippen molar-refractivity contribution in [3.8, 4) is 11.1 Å². The van der Waals surface area contributed by atoms with E-state index in [-0.39, 0.29) is 5.91 Å². The summed E-state index contributed by atoms with van der Waals surface area (Å²) in [5.41, 5.74) is 3.75. The molecule has 1 amide bonds. The third kappa shape index (κ3) is 8.07. The number of anilines is 1. The van der Waals surface area contributed by atoms with Crippen molar-refractivity contribution < 1.29 is 24.6 Å². The van der Waals surface area contributed by atoms with E-state index < -0.39 is 11.9 Å². The lowest BCUT2D eigenvalue weighted by Gasteiger charge is -2.25. The lowest BCUT2D eigenvalue weighted by molar-refractivity contribution is -0.159. The largest absolute Gasteiger partial charge is 0.473 e. The van der Waals surface area contributed by atoms with Crippen LogP contribution in [-0.2, 0) is 9.59 Å². The summed E-state index contributed by atoms with van der Waals surface area (Å²) in [7, 11) is 4.00. The maximum absolute atomic E-state index is 13.2. The highest BCUT2D eigenvalue weighted by atomic mass is 35.5. The number of amides is 1. The van der Waals surface area contributed by atoms with Gasteiger partial charge in [0.1, 0.15) is 0 Å². The van der Waals surface area contributed by atoms with Gasteiger partial charge in [-0.3, -0.25) is 4.79 Å². The standard InChI is InChI=1S/C23H23ClN2O.C2H2O4/c1-25(2)16-17-26(22-14-12-21(24)13-15-22)23(27)20-10-8-19(9-11-20)18-6-4-3-5-7-18;3-1(4)2(5)6/h3-15H,16-17H2,1-2H3;(H,3,4)(H,5,6). The maximum Gasteiger partial charge on any atom is 0.414 e. The number of likely N-dealkylation sites (N-methyl/N-ethyl adjacent to an activating group) is 1. The number of carboxylic acid groups (broad SMARTS) is 2. The first-order valence-corrected chi connectivity index (χ1v) is 10.4. The zero-order valence-electron chi connectivity index (χ0n) is 18.3. The van der Waals surface area contributed by atoms with Crippen LogP contribution in [0.2, 0.25) is 5.02 Å². The van der Waals surface area contributed by atoms with Gasteiger partial charge in [-0.25, -0.2) is 9.59 Å². The Labute approximate surface area is 197 Å². The van der Waals surface area contributed by atoms with Crippen LogP contribution in [-0.4, -0.2) is 60.1 Å². The predicted molar refractivity (Wildman–Crippen MR) is 129 cm³/mol. The first-order chi connectivity index (χ1) is 15.7. The molecule has 3 rings (SSSR count). The Kier molecular flexibility index (Phi) is 9.60. The first kappa shape index (κ1) is 25.6. The fourth-order valence-corrected chi connectivity index (χ4v) is 2.99. The lowest BCUT2D eigenvalue weighted by atomic mass is 10.0. The molecule has 0 aromatic heterocycles. The van der Waals surface area contributed by atoms with Crippen LogP contribution in [0.15, 0.2) is 78.9 Å². The highest BCUT2D eigenvalue weighted by molar-refractivity contribution is 6.30. The molecule has 0 radical (unpaired) electrons. The quantitative estimate of drug-likeness (QED) is 0.521. The number of hydrogen-bond acceptors (Lipinski definition) is 4. The molecule has 0 bridgehead atoms. The van der Waals surface area contributed by atoms with Crippen molar-refractivity contribution in [2.75, 3.05) is 32.1 Å². The van der Waals surface area contributed by atoms with Gasteiger partial charge in [0.2, 0.25) is 0 Å². The van der Waals surface area contributed by atoms with Crippen LogP contribution >= 0.6 is 11.6 Å². The normalized spacial score (nSPS) is 10.2. The number of hydrogen-bond donors (Lipinski definition) is 2. The Morgan fingerprint density at radius 1 is 0.727 bits per heavy atom. The van der Waals surface area contributed by atoms with Crippen molar-refractivity contribution in [3.63, 3.8) is 0 Å². The van der Waals surface area contributed by atoms with Crippen LogP contribution < -0.4 is 4.90 Å². The van der Waals surface area contributed by atoms with E-state index in [1.807, 2.05) is 80.8 Å². The number of nitrogens with zero attached hydrogens (tertiary/aromatic N) is 2. The second kappa shape index (κ2) is 12.4. The second-order valence-corrected chi connectivity index (χ2v) is 7.73. The molecule has 2 N–H and O–H groups in total. The first-order valence-electron chi connectivity index (χ1n) is 10.0. The molecule has 3 aromatic rings. The second-order valence-electron chi connectivity index (χ2n) is 7.29. The molecule has 0 fully saturated rings. The molecule has 0 aliphatic rings. The summed E-state index contributed by atoms with van der Waals surface area (Å²) in [6.45, 7) is 1.38. The van der Waals surface area contributed by atoms with Crippen molar-refractivity contribution in [2.24, 2.45) is 0 Å². The SMILES string of the molecule is CN(C)CCN(C(=O)c1ccc(-c2ccccc2)cc1)c1ccc(Cl)cc1.O=C(O)C(=O)O. The molecule has 33 heavy (non-hydrogen) atoms. The molecule has 7 nitrogen and oxygen atoms in total. The van der Waals surface area contributed by atoms with E-state index in [1.54, 1.807) is 4.90 Å². The van der Waals surface area contributed by atoms with E-state index in [9.17, 15) is 4.79 Å². The van der Waals surface area contributed by atoms with E-state index >= 15 is 0 Å². The molecule has 0 saturated carbocycles. The van der Waals surface area contributed by atoms with E-state index in [4.69, 9.17) is 31.4 Å². The molecule has 0 atom stereocenters. The number of carboxylic acids is 2. The summed E-state index contributed by atoms with van der Waals surface area (Å²) >= 11 is 6.00. The number of aliphatic carboxylic acids is 2. The monoisotopic (exact) mass is 468 g/mol. The molecule has 0 aliphatic heterocycles. The van der Waals surface area contributed by atoms with Gasteiger partial charge in [0.15, 0.2) is 0 Å². The maximum atomic E-state index is 13.2. The number of carbonyl (C=O) groups excluding carboxylic acids is 1. The minimum atomic E-state index is -1.82. The number of halogens is 1. The number of carbonyl (C=O) groups is 3. The Morgan fingerprint density at radius 2 is 1.24 bits per heavy atom. The minimum absolute atomic E-state index is 0.0150. The van der Waals surface area contributed by atoms with Gasteiger partial charge in [-0.1, -0.05) is 54.1 Å². The minimum Gasteiger partial charge on any atom is -0.473 e. The van der Waals surface area contributed by atoms with Gasteiger partial charge in [0, 0.05) is 29.4 Å². The third-order valence-electron chi connectivity index (χ3n) is 4.58. The summed E-state index contributed by atoms with van der Waals surface area (Å²) in [6, 6.07) is 25.3. The Morgan fingerprint density at radius 3 is 1.73 bits per heavy atom. The van der Waals surface area contributed by atoms with Crippen LogP contribution in [0.5, 0.6) is 0 Å². The predicted octanol–water partition coefficient (Wildman–Crippen LogP) is 4.37. The smallest absolute Gasteiger partial charge is 0.414 e. The van der Waals surface area contributed by atoms with E-state index in [0.717, 1.165) is 23.4 Å². The molecule has 172 valence electrons. The highest BCUT2D eigenvalue weighted by Gasteiger charge is 2.18. The number of rotatable bonds is 6. The van der Waals surface area contributed by atoms with Crippen LogP contribution in [0.3, 0.4) is 0 Å². The fourth-order valence-electron chi connectivity index (χ4n) is 2.86. The van der Waals surface area contributed by atoms with E-state index in [1.165, 1.54) is 0 Å². The lowest BCUT2D eigenvalue weighted by Crippen LogP contribution is -2.36. The van der Waals surface area contributed by atoms with Crippen molar-refractivity contribution in [2.45, 2.75) is 0 Å². The van der Waals surface area contributed by atoms with Gasteiger partial charge < -0.3 is 20.0 Å². The molecule has 0 heterocycles. The van der Waals surface area contributed by atoms with Crippen molar-refractivity contribution in [1.29, 1.82) is 0 Å². The molecule has 3 aromatic carbocycles. The van der Waals surface area contributed by atoms with Crippen LogP contribution in [0.25, 0.3) is 11.1 Å². The summed E-state index contributed by atoms with van der Waals surface area (Å²) < 4.78 is 0. The molecule has 0 spiro atoms. The van der Waals surface area contributed by atoms with Crippen molar-refractivity contribution in [1.82, 2.24) is 4.90 Å². The van der Waals surface area contributed by atoms with Crippen LogP contribution in [0.4, 0.5) is 5.69 Å². The van der Waals surface area contributed by atoms with Gasteiger partial charge in [0.05, 0.1) is 0 Å². The zero-order chi connectivity index (χ0) is 24.4. The summed E-state index contributed by atoms with van der Waals surface area (Å²) in [5.74, 6) is -3.66. The fraction of sp³-hybridized carbons (Fsp3) is 0.160. The summed E-state index contributed by atoms with van der Waals surface area (Å²) in [6.07, 6.45) is 0. The molecule has 0 aliphatic carbocycles. The van der Waals surface area contributed by atoms with Gasteiger partial charge in [-0.05, 0) is 61.6 Å². The molecule has 0 unspecified atom stereocenters. The van der Waals surface area contributed by atoms with Crippen LogP contribution in [0, 0.1) is 0 Å². The summed E-state index contributed by atoms with van der Waals surface area (Å²) in [4.78, 5) is 35.2. The Hall–Kier alpha value is -3.68. The van der Waals surface area contributed by atoms with E-state index in [2.05, 4.69) is 17.0 Å². The molecule has 8 heteroatoms. The van der Waals surface area contributed by atoms with Gasteiger partial charge >= 0.3 is 11.9 Å². The van der Waals surface area contributed by atoms with Gasteiger partial charge in [-0.15, -0.1) is 0 Å². The zero-order valence-corrected chi connectivity index (χ0v) is 19.1. The van der Waals surface area contributed by atoms with Crippen molar-refractivity contribution >= 4 is 35.1 Å². The molecular weight excluding hydrogens is 444 g/mol. The third-order valence-corrected chi connectivity index (χ3v) is 4.83. The summed E-state index contributed by atoms with van der Waals surface area (Å²) in [5, 5.41) is 15.4. The van der Waals surface area contributed by atoms with Gasteiger partial charge in [-0.2, -0.15) is 0 Å². The Bertz CT molecular complexity index is 1060. The Balaban J connectivity index is 0.000000569. The average Bonchev–Trinajstić information content (AvgIpc) is 2.81. The van der Waals surface area contributed by atoms with E-state index in [0.29, 0.717) is 17.1 Å². The topological polar surface area (TPSA) is 98.2 Å². The van der Waals surface area contributed by atoms with Crippen LogP contribution in [0.1, 0.15) is 10.4 Å². The average molecular weight is 469 g/mol. The number of benzene rings is 3. The van der Waals surface area contributed by atoms with Gasteiger partial charge in [0.25, 0.3) is 5.91 Å². The van der Waals surface area contributed by atoms with Crippen molar-refractivity contribution in [3.05, 3.63) is 89.4 Å². The molecule has 0 saturated heterocycles. The molecular formula is C25H25ClN2O5. The highest BCUT2D eigenvalue weighted by Crippen LogP contribution is 2.23.